The van der Waals surface area contributed by atoms with E-state index in [1.165, 1.54) is 0 Å². The third-order valence-corrected chi connectivity index (χ3v) is 1.14. The van der Waals surface area contributed by atoms with Gasteiger partial charge in [0.1, 0.15) is 5.94 Å². The van der Waals surface area contributed by atoms with E-state index in [-0.39, 0.29) is 0 Å². The van der Waals surface area contributed by atoms with E-state index in [0.29, 0.717) is 4.48 Å². The van der Waals surface area contributed by atoms with Crippen molar-refractivity contribution in [1.82, 2.24) is 0 Å². The van der Waals surface area contributed by atoms with E-state index in [1.54, 1.807) is 5.94 Å². The molecule has 0 unspecified atom stereocenters. The summed E-state index contributed by atoms with van der Waals surface area (Å²) in [5.74, 6) is 1.70. The first-order valence-electron chi connectivity index (χ1n) is 1.70. The molecule has 0 rings (SSSR count). The Morgan fingerprint density at radius 3 is 2.50 bits per heavy atom. The Bertz CT molecular complexity index is 81.5. The molecule has 0 aliphatic heterocycles. The standard InChI is InChI=1S/C4H5BrO/c1-2-4(5)3-6/h2H2,1H3. The molecule has 0 atom stereocenters. The van der Waals surface area contributed by atoms with E-state index in [9.17, 15) is 4.79 Å². The van der Waals surface area contributed by atoms with Crippen LogP contribution in [0, 0.1) is 0 Å². The molecule has 34 valence electrons. The van der Waals surface area contributed by atoms with Gasteiger partial charge in [0, 0.05) is 0 Å². The Kier molecular flexibility index (Phi) is 3.10. The van der Waals surface area contributed by atoms with Gasteiger partial charge in [-0.05, 0) is 22.4 Å². The fraction of sp³-hybridized carbons (Fsp3) is 0.500. The van der Waals surface area contributed by atoms with Crippen LogP contribution in [-0.2, 0) is 4.79 Å². The lowest BCUT2D eigenvalue weighted by atomic mass is 10.5. The second kappa shape index (κ2) is 3.13. The van der Waals surface area contributed by atoms with Crippen molar-refractivity contribution in [3.8, 4) is 0 Å². The maximum Gasteiger partial charge on any atom is 0.135 e. The van der Waals surface area contributed by atoms with Crippen molar-refractivity contribution in [2.24, 2.45) is 0 Å². The van der Waals surface area contributed by atoms with Crippen molar-refractivity contribution >= 4 is 21.9 Å². The molecule has 0 amide bonds. The number of rotatable bonds is 1. The van der Waals surface area contributed by atoms with Gasteiger partial charge < -0.3 is 0 Å². The summed E-state index contributed by atoms with van der Waals surface area (Å²) in [4.78, 5) is 9.53. The second-order valence-electron chi connectivity index (χ2n) is 0.861. The number of allylic oxidation sites excluding steroid dienone is 1. The van der Waals surface area contributed by atoms with Crippen LogP contribution in [0.5, 0.6) is 0 Å². The number of halogens is 1. The normalized spacial score (nSPS) is 7.00. The Labute approximate surface area is 45.2 Å². The van der Waals surface area contributed by atoms with Crippen LogP contribution in [-0.4, -0.2) is 5.94 Å². The molecule has 0 aromatic carbocycles. The molecular weight excluding hydrogens is 144 g/mol. The van der Waals surface area contributed by atoms with Crippen molar-refractivity contribution in [3.05, 3.63) is 4.48 Å². The molecule has 0 aliphatic carbocycles. The Balaban J connectivity index is 3.52. The molecule has 0 saturated carbocycles. The topological polar surface area (TPSA) is 17.1 Å². The third-order valence-electron chi connectivity index (χ3n) is 0.421. The molecule has 6 heavy (non-hydrogen) atoms. The number of hydrogen-bond donors (Lipinski definition) is 0. The number of hydrogen-bond acceptors (Lipinski definition) is 1. The van der Waals surface area contributed by atoms with Crippen molar-refractivity contribution in [1.29, 1.82) is 0 Å². The van der Waals surface area contributed by atoms with Crippen LogP contribution >= 0.6 is 15.9 Å². The molecule has 0 aromatic heterocycles. The Morgan fingerprint density at radius 1 is 2.00 bits per heavy atom. The summed E-state index contributed by atoms with van der Waals surface area (Å²) in [5.41, 5.74) is 0. The second-order valence-corrected chi connectivity index (χ2v) is 1.82. The Hall–Kier alpha value is -0.0700. The lowest BCUT2D eigenvalue weighted by molar-refractivity contribution is 0.568. The van der Waals surface area contributed by atoms with Gasteiger partial charge in [-0.2, -0.15) is 0 Å². The van der Waals surface area contributed by atoms with Gasteiger partial charge in [0.05, 0.1) is 4.48 Å². The zero-order valence-electron chi connectivity index (χ0n) is 3.49. The molecule has 0 bridgehead atoms. The highest BCUT2D eigenvalue weighted by Crippen LogP contribution is 2.01. The van der Waals surface area contributed by atoms with Gasteiger partial charge in [-0.25, -0.2) is 4.79 Å². The first kappa shape index (κ1) is 5.93. The smallest absolute Gasteiger partial charge is 0.135 e. The fourth-order valence-electron chi connectivity index (χ4n) is 0.0722. The van der Waals surface area contributed by atoms with Crippen LogP contribution in [0.4, 0.5) is 0 Å². The van der Waals surface area contributed by atoms with E-state index in [0.717, 1.165) is 6.42 Å². The lowest BCUT2D eigenvalue weighted by Crippen LogP contribution is -1.60. The van der Waals surface area contributed by atoms with Gasteiger partial charge in [-0.1, -0.05) is 6.92 Å². The summed E-state index contributed by atoms with van der Waals surface area (Å²) in [6.45, 7) is 1.88. The summed E-state index contributed by atoms with van der Waals surface area (Å²) in [7, 11) is 0. The molecule has 0 fully saturated rings. The van der Waals surface area contributed by atoms with E-state index in [1.807, 2.05) is 6.92 Å². The molecule has 0 N–H and O–H groups in total. The minimum atomic E-state index is 0.600. The predicted molar refractivity (Wildman–Crippen MR) is 28.4 cm³/mol. The first-order valence-corrected chi connectivity index (χ1v) is 2.50. The summed E-state index contributed by atoms with van der Waals surface area (Å²) in [5, 5.41) is 0. The van der Waals surface area contributed by atoms with E-state index >= 15 is 0 Å². The van der Waals surface area contributed by atoms with Crippen LogP contribution in [0.15, 0.2) is 4.48 Å². The maximum absolute atomic E-state index is 9.53. The molecule has 0 aliphatic rings. The first-order chi connectivity index (χ1) is 2.81. The quantitative estimate of drug-likeness (QED) is 0.516. The van der Waals surface area contributed by atoms with Crippen molar-refractivity contribution in [2.75, 3.05) is 0 Å². The van der Waals surface area contributed by atoms with Gasteiger partial charge in [0.2, 0.25) is 0 Å². The largest absolute Gasteiger partial charge is 0.233 e. The van der Waals surface area contributed by atoms with E-state index in [2.05, 4.69) is 15.9 Å². The van der Waals surface area contributed by atoms with Gasteiger partial charge in [-0.15, -0.1) is 0 Å². The summed E-state index contributed by atoms with van der Waals surface area (Å²) < 4.78 is 0.600. The minimum Gasteiger partial charge on any atom is -0.233 e. The molecule has 0 radical (unpaired) electrons. The van der Waals surface area contributed by atoms with Crippen LogP contribution in [0.1, 0.15) is 13.3 Å². The SMILES string of the molecule is CCC(Br)=C=O. The van der Waals surface area contributed by atoms with E-state index in [4.69, 9.17) is 0 Å². The summed E-state index contributed by atoms with van der Waals surface area (Å²) in [6.07, 6.45) is 0.740. The lowest BCUT2D eigenvalue weighted by Gasteiger charge is -1.73. The van der Waals surface area contributed by atoms with Crippen LogP contribution in [0.25, 0.3) is 0 Å². The zero-order chi connectivity index (χ0) is 4.99. The highest BCUT2D eigenvalue weighted by atomic mass is 79.9. The van der Waals surface area contributed by atoms with Gasteiger partial charge >= 0.3 is 0 Å². The predicted octanol–water partition coefficient (Wildman–Crippen LogP) is 1.51. The van der Waals surface area contributed by atoms with Crippen molar-refractivity contribution < 1.29 is 4.79 Å². The Morgan fingerprint density at radius 2 is 2.50 bits per heavy atom. The van der Waals surface area contributed by atoms with Crippen molar-refractivity contribution in [3.63, 3.8) is 0 Å². The zero-order valence-corrected chi connectivity index (χ0v) is 5.08. The summed E-state index contributed by atoms with van der Waals surface area (Å²) in [6, 6.07) is 0. The highest BCUT2D eigenvalue weighted by Gasteiger charge is 1.78. The molecule has 2 heteroatoms. The molecule has 0 saturated heterocycles. The molecule has 0 aromatic rings. The average Bonchev–Trinajstić information content (AvgIpc) is 1.65. The van der Waals surface area contributed by atoms with Crippen LogP contribution in [0.3, 0.4) is 0 Å². The van der Waals surface area contributed by atoms with Crippen LogP contribution in [0.2, 0.25) is 0 Å². The number of carbonyl (C=O) groups excluding carboxylic acids is 1. The molecule has 0 heterocycles. The maximum atomic E-state index is 9.53. The monoisotopic (exact) mass is 148 g/mol. The third kappa shape index (κ3) is 2.18. The van der Waals surface area contributed by atoms with Gasteiger partial charge in [0.15, 0.2) is 0 Å². The minimum absolute atomic E-state index is 0.600. The van der Waals surface area contributed by atoms with Gasteiger partial charge in [-0.3, -0.25) is 0 Å². The average molecular weight is 149 g/mol. The molecule has 0 spiro atoms. The highest BCUT2D eigenvalue weighted by molar-refractivity contribution is 9.11. The van der Waals surface area contributed by atoms with Crippen LogP contribution < -0.4 is 0 Å². The van der Waals surface area contributed by atoms with Gasteiger partial charge in [0.25, 0.3) is 0 Å². The fourth-order valence-corrected chi connectivity index (χ4v) is 0.0722. The molecular formula is C4H5BrO. The van der Waals surface area contributed by atoms with E-state index < -0.39 is 0 Å². The van der Waals surface area contributed by atoms with Crippen molar-refractivity contribution in [2.45, 2.75) is 13.3 Å². The molecule has 1 nitrogen and oxygen atoms in total. The summed E-state index contributed by atoms with van der Waals surface area (Å²) >= 11 is 2.97.